The Morgan fingerprint density at radius 1 is 1.12 bits per heavy atom. The van der Waals surface area contributed by atoms with E-state index in [0.717, 1.165) is 23.3 Å². The first kappa shape index (κ1) is 26.6. The van der Waals surface area contributed by atoms with Gasteiger partial charge in [-0.2, -0.15) is 0 Å². The summed E-state index contributed by atoms with van der Waals surface area (Å²) in [7, 11) is 3.29. The molecule has 7 nitrogen and oxygen atoms in total. The minimum Gasteiger partial charge on any atom is -0.497 e. The minimum atomic E-state index is 0. The van der Waals surface area contributed by atoms with Crippen molar-refractivity contribution in [3.05, 3.63) is 24.5 Å². The molecule has 0 bridgehead atoms. The van der Waals surface area contributed by atoms with E-state index in [1.807, 2.05) is 52.8 Å². The zero-order valence-corrected chi connectivity index (χ0v) is 16.0. The second-order valence-electron chi connectivity index (χ2n) is 3.44. The van der Waals surface area contributed by atoms with Crippen LogP contribution in [-0.2, 0) is 4.74 Å². The second-order valence-corrected chi connectivity index (χ2v) is 3.44. The van der Waals surface area contributed by atoms with Gasteiger partial charge in [0.2, 0.25) is 0 Å². The first-order valence-corrected chi connectivity index (χ1v) is 7.78. The maximum absolute atomic E-state index is 5.24. The molecule has 0 amide bonds. The fourth-order valence-electron chi connectivity index (χ4n) is 1.32. The summed E-state index contributed by atoms with van der Waals surface area (Å²) in [5, 5.41) is 0.818. The zero-order valence-electron chi connectivity index (χ0n) is 16.0. The van der Waals surface area contributed by atoms with Gasteiger partial charge in [0.25, 0.3) is 0 Å². The zero-order chi connectivity index (χ0) is 18.1. The molecule has 0 aliphatic rings. The quantitative estimate of drug-likeness (QED) is 0.641. The summed E-state index contributed by atoms with van der Waals surface area (Å²) in [6.45, 7) is 10.8. The summed E-state index contributed by atoms with van der Waals surface area (Å²) >= 11 is 0. The number of rotatable bonds is 3. The van der Waals surface area contributed by atoms with Gasteiger partial charge in [-0.1, -0.05) is 27.7 Å². The predicted octanol–water partition coefficient (Wildman–Crippen LogP) is 4.12. The van der Waals surface area contributed by atoms with Crippen LogP contribution in [0.1, 0.15) is 34.6 Å². The van der Waals surface area contributed by atoms with Crippen LogP contribution in [0.4, 0.5) is 5.82 Å². The number of methoxy groups -OCH3 is 2. The molecule has 138 valence electrons. The van der Waals surface area contributed by atoms with Crippen LogP contribution in [-0.4, -0.2) is 37.1 Å². The molecule has 1 aromatic carbocycles. The Labute approximate surface area is 145 Å². The number of benzene rings is 1. The topological polar surface area (TPSA) is 118 Å². The standard InChI is InChI=1S/C10H10N4O.C3H8O.2C2H6.H3N/c1-15-7-2-3-9-8(4-7)10(12-5-11)14-6-13-9;1-3-4-2;2*1-2;/h2-6H,1H3,(H2,11,12,13,14);3H2,1-2H3;2*1-2H3;1H3. The van der Waals surface area contributed by atoms with Crippen LogP contribution in [0.3, 0.4) is 0 Å². The Bertz CT molecular complexity index is 545. The molecule has 0 aliphatic heterocycles. The number of nitrogens with zero attached hydrogens (tertiary/aromatic N) is 3. The fourth-order valence-corrected chi connectivity index (χ4v) is 1.32. The van der Waals surface area contributed by atoms with E-state index in [-0.39, 0.29) is 6.15 Å². The summed E-state index contributed by atoms with van der Waals surface area (Å²) in [5.41, 5.74) is 6.05. The summed E-state index contributed by atoms with van der Waals surface area (Å²) in [6, 6.07) is 5.52. The summed E-state index contributed by atoms with van der Waals surface area (Å²) in [4.78, 5) is 12.1. The van der Waals surface area contributed by atoms with Crippen LogP contribution in [0.25, 0.3) is 10.9 Å². The van der Waals surface area contributed by atoms with Gasteiger partial charge in [-0.3, -0.25) is 0 Å². The minimum absolute atomic E-state index is 0. The Hall–Kier alpha value is -2.25. The smallest absolute Gasteiger partial charge is 0.164 e. The molecule has 1 aromatic heterocycles. The molecule has 0 atom stereocenters. The van der Waals surface area contributed by atoms with Crippen molar-refractivity contribution in [3.63, 3.8) is 0 Å². The van der Waals surface area contributed by atoms with Crippen molar-refractivity contribution in [2.24, 2.45) is 10.7 Å². The number of hydrogen-bond donors (Lipinski definition) is 2. The summed E-state index contributed by atoms with van der Waals surface area (Å²) in [5.74, 6) is 1.28. The molecule has 0 saturated heterocycles. The van der Waals surface area contributed by atoms with E-state index in [4.69, 9.17) is 10.5 Å². The number of ether oxygens (including phenoxy) is 2. The van der Waals surface area contributed by atoms with Gasteiger partial charge in [-0.25, -0.2) is 15.0 Å². The molecular weight excluding hydrogens is 306 g/mol. The van der Waals surface area contributed by atoms with Crippen molar-refractivity contribution in [1.29, 1.82) is 0 Å². The number of hydrogen-bond acceptors (Lipinski definition) is 6. The van der Waals surface area contributed by atoms with E-state index in [2.05, 4.69) is 19.7 Å². The number of aromatic nitrogens is 2. The van der Waals surface area contributed by atoms with Gasteiger partial charge in [0.1, 0.15) is 12.1 Å². The van der Waals surface area contributed by atoms with Crippen molar-refractivity contribution in [2.45, 2.75) is 34.6 Å². The lowest BCUT2D eigenvalue weighted by Crippen LogP contribution is -1.90. The van der Waals surface area contributed by atoms with Crippen LogP contribution in [0, 0.1) is 0 Å². The van der Waals surface area contributed by atoms with Crippen molar-refractivity contribution >= 4 is 23.1 Å². The van der Waals surface area contributed by atoms with Crippen molar-refractivity contribution in [2.75, 3.05) is 20.8 Å². The molecule has 2 aromatic rings. The maximum atomic E-state index is 5.24. The third-order valence-electron chi connectivity index (χ3n) is 2.31. The fraction of sp³-hybridized carbons (Fsp3) is 0.471. The highest BCUT2D eigenvalue weighted by Gasteiger charge is 2.03. The molecule has 0 aliphatic carbocycles. The van der Waals surface area contributed by atoms with Gasteiger partial charge in [0.15, 0.2) is 5.82 Å². The first-order chi connectivity index (χ1) is 11.3. The molecule has 0 saturated carbocycles. The van der Waals surface area contributed by atoms with Gasteiger partial charge in [0.05, 0.1) is 19.0 Å². The lowest BCUT2D eigenvalue weighted by Gasteiger charge is -2.02. The van der Waals surface area contributed by atoms with E-state index in [1.54, 1.807) is 14.2 Å². The van der Waals surface area contributed by atoms with Crippen molar-refractivity contribution < 1.29 is 9.47 Å². The van der Waals surface area contributed by atoms with Gasteiger partial charge >= 0.3 is 0 Å². The van der Waals surface area contributed by atoms with Gasteiger partial charge < -0.3 is 21.4 Å². The average Bonchev–Trinajstić information content (AvgIpc) is 2.65. The molecule has 0 fully saturated rings. The molecule has 2 rings (SSSR count). The third kappa shape index (κ3) is 9.70. The SMILES string of the molecule is CC.CC.CCOC.COc1ccc2ncnc(N=CN)c2c1.N. The average molecular weight is 339 g/mol. The molecule has 7 heteroatoms. The monoisotopic (exact) mass is 339 g/mol. The Morgan fingerprint density at radius 3 is 2.17 bits per heavy atom. The lowest BCUT2D eigenvalue weighted by molar-refractivity contribution is 0.215. The van der Waals surface area contributed by atoms with Gasteiger partial charge in [-0.15, -0.1) is 0 Å². The van der Waals surface area contributed by atoms with E-state index in [9.17, 15) is 0 Å². The largest absolute Gasteiger partial charge is 0.497 e. The van der Waals surface area contributed by atoms with E-state index >= 15 is 0 Å². The molecule has 1 heterocycles. The number of fused-ring (bicyclic) bond motifs is 1. The first-order valence-electron chi connectivity index (χ1n) is 7.78. The lowest BCUT2D eigenvalue weighted by atomic mass is 10.2. The Kier molecular flexibility index (Phi) is 20.9. The van der Waals surface area contributed by atoms with Crippen LogP contribution >= 0.6 is 0 Å². The summed E-state index contributed by atoms with van der Waals surface area (Å²) in [6.07, 6.45) is 2.67. The van der Waals surface area contributed by atoms with E-state index in [1.165, 1.54) is 12.7 Å². The Morgan fingerprint density at radius 2 is 1.71 bits per heavy atom. The van der Waals surface area contributed by atoms with Crippen LogP contribution < -0.4 is 16.6 Å². The van der Waals surface area contributed by atoms with Crippen LogP contribution in [0.15, 0.2) is 29.5 Å². The molecule has 0 spiro atoms. The van der Waals surface area contributed by atoms with Crippen LogP contribution in [0.5, 0.6) is 5.75 Å². The molecule has 0 radical (unpaired) electrons. The summed E-state index contributed by atoms with van der Waals surface area (Å²) < 4.78 is 9.66. The van der Waals surface area contributed by atoms with E-state index < -0.39 is 0 Å². The highest BCUT2D eigenvalue weighted by molar-refractivity contribution is 5.89. The highest BCUT2D eigenvalue weighted by atomic mass is 16.5. The number of nitrogens with two attached hydrogens (primary N) is 1. The third-order valence-corrected chi connectivity index (χ3v) is 2.31. The normalized spacial score (nSPS) is 8.62. The van der Waals surface area contributed by atoms with Crippen molar-refractivity contribution in [1.82, 2.24) is 16.1 Å². The van der Waals surface area contributed by atoms with Crippen molar-refractivity contribution in [3.8, 4) is 5.75 Å². The molecule has 24 heavy (non-hydrogen) atoms. The molecular formula is C17H33N5O2. The molecule has 5 N–H and O–H groups in total. The predicted molar refractivity (Wildman–Crippen MR) is 104 cm³/mol. The van der Waals surface area contributed by atoms with Crippen LogP contribution in [0.2, 0.25) is 0 Å². The molecule has 0 unspecified atom stereocenters. The van der Waals surface area contributed by atoms with Gasteiger partial charge in [0, 0.05) is 19.1 Å². The Balaban J connectivity index is -0.000000424. The second kappa shape index (κ2) is 18.8. The van der Waals surface area contributed by atoms with E-state index in [0.29, 0.717) is 5.82 Å². The maximum Gasteiger partial charge on any atom is 0.164 e. The highest BCUT2D eigenvalue weighted by Crippen LogP contribution is 2.25. The van der Waals surface area contributed by atoms with Gasteiger partial charge in [-0.05, 0) is 25.1 Å². The number of aliphatic imine (C=N–C) groups is 1.